The van der Waals surface area contributed by atoms with Gasteiger partial charge >= 0.3 is 0 Å². The summed E-state index contributed by atoms with van der Waals surface area (Å²) in [5.41, 5.74) is 0. The molecule has 8 heteroatoms. The van der Waals surface area contributed by atoms with Gasteiger partial charge in [0.15, 0.2) is 4.34 Å². The zero-order valence-corrected chi connectivity index (χ0v) is 13.2. The topological polar surface area (TPSA) is 63.6 Å². The maximum atomic E-state index is 4.43. The van der Waals surface area contributed by atoms with Crippen molar-refractivity contribution in [2.24, 2.45) is 0 Å². The Morgan fingerprint density at radius 2 is 2.22 bits per heavy atom. The minimum atomic E-state index is 0.628. The molecular formula is C10H12BrN5S2. The molecule has 2 aromatic rings. The minimum absolute atomic E-state index is 0.628. The number of aromatic nitrogens is 4. The first kappa shape index (κ1) is 13.7. The Labute approximate surface area is 122 Å². The molecule has 0 aliphatic rings. The van der Waals surface area contributed by atoms with E-state index in [1.807, 2.05) is 13.8 Å². The van der Waals surface area contributed by atoms with Crippen LogP contribution in [0.3, 0.4) is 0 Å². The molecule has 2 rings (SSSR count). The van der Waals surface area contributed by atoms with Gasteiger partial charge in [-0.1, -0.05) is 6.92 Å². The van der Waals surface area contributed by atoms with Gasteiger partial charge in [-0.15, -0.1) is 0 Å². The molecule has 0 aliphatic heterocycles. The number of aryl methyl sites for hydroxylation is 1. The second-order valence-corrected chi connectivity index (χ2v) is 6.15. The first-order chi connectivity index (χ1) is 8.72. The lowest BCUT2D eigenvalue weighted by atomic mass is 10.5. The molecular weight excluding hydrogens is 334 g/mol. The molecule has 0 saturated heterocycles. The number of halogens is 1. The molecule has 0 bridgehead atoms. The summed E-state index contributed by atoms with van der Waals surface area (Å²) in [4.78, 5) is 13.0. The zero-order chi connectivity index (χ0) is 13.0. The smallest absolute Gasteiger partial charge is 0.223 e. The number of nitrogens with zero attached hydrogens (tertiary/aromatic N) is 4. The second kappa shape index (κ2) is 6.44. The lowest BCUT2D eigenvalue weighted by molar-refractivity contribution is 0.966. The largest absolute Gasteiger partial charge is 0.354 e. The van der Waals surface area contributed by atoms with Crippen LogP contribution in [0.2, 0.25) is 0 Å². The standard InChI is InChI=1S/C10H12BrN5S2/c1-3-7-14-10(18-16-7)17-8-6(11)5-13-9(15-8)12-4-2/h5H,3-4H2,1-2H3,(H,12,13,15). The van der Waals surface area contributed by atoms with Crippen LogP contribution in [0.5, 0.6) is 0 Å². The highest BCUT2D eigenvalue weighted by molar-refractivity contribution is 9.10. The molecule has 0 atom stereocenters. The molecule has 18 heavy (non-hydrogen) atoms. The summed E-state index contributed by atoms with van der Waals surface area (Å²) in [6, 6.07) is 0. The van der Waals surface area contributed by atoms with Gasteiger partial charge in [-0.2, -0.15) is 4.37 Å². The first-order valence-corrected chi connectivity index (χ1v) is 7.88. The van der Waals surface area contributed by atoms with E-state index >= 15 is 0 Å². The van der Waals surface area contributed by atoms with Crippen molar-refractivity contribution in [3.05, 3.63) is 16.5 Å². The Balaban J connectivity index is 2.19. The SMILES string of the molecule is CCNc1ncc(Br)c(Sc2nc(CC)ns2)n1. The van der Waals surface area contributed by atoms with Gasteiger partial charge in [0.05, 0.1) is 4.47 Å². The summed E-state index contributed by atoms with van der Waals surface area (Å²) >= 11 is 6.34. The summed E-state index contributed by atoms with van der Waals surface area (Å²) in [7, 11) is 0. The van der Waals surface area contributed by atoms with Gasteiger partial charge in [0.2, 0.25) is 5.95 Å². The summed E-state index contributed by atoms with van der Waals surface area (Å²) in [5.74, 6) is 1.50. The van der Waals surface area contributed by atoms with Gasteiger partial charge in [-0.25, -0.2) is 15.0 Å². The van der Waals surface area contributed by atoms with Crippen molar-refractivity contribution < 1.29 is 0 Å². The Morgan fingerprint density at radius 3 is 2.89 bits per heavy atom. The normalized spacial score (nSPS) is 10.6. The van der Waals surface area contributed by atoms with E-state index in [0.29, 0.717) is 5.95 Å². The van der Waals surface area contributed by atoms with E-state index in [2.05, 4.69) is 40.6 Å². The highest BCUT2D eigenvalue weighted by atomic mass is 79.9. The fourth-order valence-electron chi connectivity index (χ4n) is 1.17. The van der Waals surface area contributed by atoms with Crippen LogP contribution in [0.15, 0.2) is 20.0 Å². The van der Waals surface area contributed by atoms with Crippen LogP contribution in [0.25, 0.3) is 0 Å². The van der Waals surface area contributed by atoms with Crippen molar-refractivity contribution in [3.63, 3.8) is 0 Å². The Bertz CT molecular complexity index is 531. The zero-order valence-electron chi connectivity index (χ0n) is 9.97. The maximum absolute atomic E-state index is 4.43. The van der Waals surface area contributed by atoms with E-state index < -0.39 is 0 Å². The first-order valence-electron chi connectivity index (χ1n) is 5.49. The van der Waals surface area contributed by atoms with E-state index in [9.17, 15) is 0 Å². The number of anilines is 1. The molecule has 0 aromatic carbocycles. The van der Waals surface area contributed by atoms with Crippen LogP contribution in [-0.2, 0) is 6.42 Å². The number of nitrogens with one attached hydrogen (secondary N) is 1. The monoisotopic (exact) mass is 345 g/mol. The predicted octanol–water partition coefficient (Wildman–Crippen LogP) is 3.24. The minimum Gasteiger partial charge on any atom is -0.354 e. The van der Waals surface area contributed by atoms with E-state index in [0.717, 1.165) is 32.6 Å². The van der Waals surface area contributed by atoms with Gasteiger partial charge in [0.1, 0.15) is 10.9 Å². The summed E-state index contributed by atoms with van der Waals surface area (Å²) < 4.78 is 6.01. The predicted molar refractivity (Wildman–Crippen MR) is 77.3 cm³/mol. The van der Waals surface area contributed by atoms with Crippen LogP contribution in [0.1, 0.15) is 19.7 Å². The molecule has 1 N–H and O–H groups in total. The van der Waals surface area contributed by atoms with Crippen LogP contribution in [-0.4, -0.2) is 25.9 Å². The maximum Gasteiger partial charge on any atom is 0.223 e. The van der Waals surface area contributed by atoms with E-state index in [1.165, 1.54) is 23.3 Å². The van der Waals surface area contributed by atoms with Crippen LogP contribution in [0.4, 0.5) is 5.95 Å². The Morgan fingerprint density at radius 1 is 1.39 bits per heavy atom. The van der Waals surface area contributed by atoms with Crippen molar-refractivity contribution in [1.29, 1.82) is 0 Å². The highest BCUT2D eigenvalue weighted by Crippen LogP contribution is 2.32. The number of hydrogen-bond donors (Lipinski definition) is 1. The summed E-state index contributed by atoms with van der Waals surface area (Å²) in [6.07, 6.45) is 2.60. The second-order valence-electron chi connectivity index (χ2n) is 3.31. The third-order valence-corrected chi connectivity index (χ3v) is 4.63. The van der Waals surface area contributed by atoms with E-state index in [1.54, 1.807) is 6.20 Å². The Hall–Kier alpha value is -0.730. The molecule has 96 valence electrons. The highest BCUT2D eigenvalue weighted by Gasteiger charge is 2.10. The summed E-state index contributed by atoms with van der Waals surface area (Å²) in [5, 5.41) is 3.94. The van der Waals surface area contributed by atoms with Crippen molar-refractivity contribution in [2.75, 3.05) is 11.9 Å². The molecule has 2 aromatic heterocycles. The van der Waals surface area contributed by atoms with Gasteiger partial charge in [0.25, 0.3) is 0 Å². The lowest BCUT2D eigenvalue weighted by Crippen LogP contribution is -2.02. The van der Waals surface area contributed by atoms with E-state index in [4.69, 9.17) is 0 Å². The molecule has 0 amide bonds. The van der Waals surface area contributed by atoms with Crippen molar-refractivity contribution >= 4 is 45.2 Å². The molecule has 0 unspecified atom stereocenters. The Kier molecular flexibility index (Phi) is 4.90. The average molecular weight is 346 g/mol. The third-order valence-electron chi connectivity index (χ3n) is 2.00. The van der Waals surface area contributed by atoms with Crippen molar-refractivity contribution in [2.45, 2.75) is 29.6 Å². The molecule has 0 radical (unpaired) electrons. The van der Waals surface area contributed by atoms with Gasteiger partial charge < -0.3 is 5.32 Å². The van der Waals surface area contributed by atoms with Gasteiger partial charge in [-0.3, -0.25) is 0 Å². The summed E-state index contributed by atoms with van der Waals surface area (Å²) in [6.45, 7) is 4.85. The van der Waals surface area contributed by atoms with Crippen LogP contribution in [0, 0.1) is 0 Å². The lowest BCUT2D eigenvalue weighted by Gasteiger charge is -2.04. The molecule has 5 nitrogen and oxygen atoms in total. The van der Waals surface area contributed by atoms with E-state index in [-0.39, 0.29) is 0 Å². The third kappa shape index (κ3) is 3.39. The van der Waals surface area contributed by atoms with Gasteiger partial charge in [-0.05, 0) is 46.1 Å². The molecule has 2 heterocycles. The fourth-order valence-corrected chi connectivity index (χ4v) is 3.20. The number of hydrogen-bond acceptors (Lipinski definition) is 7. The fraction of sp³-hybridized carbons (Fsp3) is 0.400. The molecule has 0 spiro atoms. The quantitative estimate of drug-likeness (QED) is 0.839. The van der Waals surface area contributed by atoms with Crippen LogP contribution < -0.4 is 5.32 Å². The average Bonchev–Trinajstić information content (AvgIpc) is 2.81. The van der Waals surface area contributed by atoms with Crippen molar-refractivity contribution in [1.82, 2.24) is 19.3 Å². The molecule has 0 aliphatic carbocycles. The van der Waals surface area contributed by atoms with Crippen LogP contribution >= 0.6 is 39.2 Å². The molecule has 0 fully saturated rings. The molecule has 0 saturated carbocycles. The van der Waals surface area contributed by atoms with Gasteiger partial charge in [0, 0.05) is 19.2 Å². The number of rotatable bonds is 5. The van der Waals surface area contributed by atoms with Crippen molar-refractivity contribution in [3.8, 4) is 0 Å².